The normalized spacial score (nSPS) is 11.9. The zero-order valence-corrected chi connectivity index (χ0v) is 12.1. The van der Waals surface area contributed by atoms with E-state index in [1.807, 2.05) is 6.92 Å². The lowest BCUT2D eigenvalue weighted by atomic mass is 10.1. The Kier molecular flexibility index (Phi) is 5.62. The van der Waals surface area contributed by atoms with E-state index in [1.54, 1.807) is 18.2 Å². The first-order valence-electron chi connectivity index (χ1n) is 5.44. The molecule has 1 rings (SSSR count). The number of carbonyl (C=O) groups excluding carboxylic acids is 1. The smallest absolute Gasteiger partial charge is 0.326 e. The fourth-order valence-corrected chi connectivity index (χ4v) is 2.32. The zero-order valence-electron chi connectivity index (χ0n) is 9.74. The maximum atomic E-state index is 11.9. The Bertz CT molecular complexity index is 465. The van der Waals surface area contributed by atoms with E-state index in [0.717, 1.165) is 0 Å². The van der Waals surface area contributed by atoms with Gasteiger partial charge in [-0.1, -0.05) is 24.9 Å². The van der Waals surface area contributed by atoms with Crippen molar-refractivity contribution < 1.29 is 14.7 Å². The molecule has 4 nitrogen and oxygen atoms in total. The summed E-state index contributed by atoms with van der Waals surface area (Å²) in [5.41, 5.74) is 0.363. The maximum absolute atomic E-state index is 11.9. The van der Waals surface area contributed by atoms with Crippen molar-refractivity contribution in [3.05, 3.63) is 33.3 Å². The van der Waals surface area contributed by atoms with E-state index in [-0.39, 0.29) is 0 Å². The van der Waals surface area contributed by atoms with E-state index in [4.69, 9.17) is 16.7 Å². The quantitative estimate of drug-likeness (QED) is 0.869. The third-order valence-corrected chi connectivity index (χ3v) is 3.25. The van der Waals surface area contributed by atoms with Gasteiger partial charge in [0.1, 0.15) is 6.04 Å². The summed E-state index contributed by atoms with van der Waals surface area (Å²) in [4.78, 5) is 22.9. The number of halogens is 2. The van der Waals surface area contributed by atoms with Crippen molar-refractivity contribution in [2.75, 3.05) is 0 Å². The summed E-state index contributed by atoms with van der Waals surface area (Å²) in [5.74, 6) is -1.46. The molecule has 0 fully saturated rings. The molecule has 0 radical (unpaired) electrons. The largest absolute Gasteiger partial charge is 0.480 e. The predicted octanol–water partition coefficient (Wildman–Crippen LogP) is 3.09. The molecule has 1 aromatic carbocycles. The van der Waals surface area contributed by atoms with Gasteiger partial charge < -0.3 is 10.4 Å². The van der Waals surface area contributed by atoms with Crippen LogP contribution in [0, 0.1) is 0 Å². The first-order valence-corrected chi connectivity index (χ1v) is 6.61. The minimum absolute atomic E-state index is 0.363. The lowest BCUT2D eigenvalue weighted by Crippen LogP contribution is -2.40. The molecule has 0 heterocycles. The summed E-state index contributed by atoms with van der Waals surface area (Å²) in [6.45, 7) is 1.86. The molecule has 0 aliphatic rings. The molecule has 0 spiro atoms. The van der Waals surface area contributed by atoms with Gasteiger partial charge in [-0.3, -0.25) is 4.79 Å². The van der Waals surface area contributed by atoms with Gasteiger partial charge in [-0.2, -0.15) is 0 Å². The number of aliphatic carboxylic acids is 1. The highest BCUT2D eigenvalue weighted by Gasteiger charge is 2.20. The molecular weight excluding hydrogens is 321 g/mol. The van der Waals surface area contributed by atoms with E-state index in [2.05, 4.69) is 21.2 Å². The molecule has 0 aliphatic carbocycles. The highest BCUT2D eigenvalue weighted by molar-refractivity contribution is 9.10. The SMILES string of the molecule is CCC[C@@H](NC(=O)c1ccc(Cl)cc1Br)C(=O)O. The number of carboxylic acids is 1. The van der Waals surface area contributed by atoms with Crippen LogP contribution in [0.4, 0.5) is 0 Å². The highest BCUT2D eigenvalue weighted by Crippen LogP contribution is 2.21. The van der Waals surface area contributed by atoms with Gasteiger partial charge in [-0.05, 0) is 40.5 Å². The lowest BCUT2D eigenvalue weighted by molar-refractivity contribution is -0.139. The Labute approximate surface area is 118 Å². The molecule has 0 aliphatic heterocycles. The minimum atomic E-state index is -1.03. The number of benzene rings is 1. The predicted molar refractivity (Wildman–Crippen MR) is 73.0 cm³/mol. The average molecular weight is 335 g/mol. The van der Waals surface area contributed by atoms with Crippen LogP contribution < -0.4 is 5.32 Å². The zero-order chi connectivity index (χ0) is 13.7. The van der Waals surface area contributed by atoms with E-state index in [1.165, 1.54) is 0 Å². The second-order valence-electron chi connectivity index (χ2n) is 3.78. The molecule has 6 heteroatoms. The molecule has 0 saturated heterocycles. The van der Waals surface area contributed by atoms with Crippen LogP contribution in [0.5, 0.6) is 0 Å². The third kappa shape index (κ3) is 3.99. The number of amides is 1. The van der Waals surface area contributed by atoms with Crippen LogP contribution in [0.25, 0.3) is 0 Å². The van der Waals surface area contributed by atoms with Crippen molar-refractivity contribution in [2.24, 2.45) is 0 Å². The van der Waals surface area contributed by atoms with Crippen molar-refractivity contribution in [1.29, 1.82) is 0 Å². The van der Waals surface area contributed by atoms with Crippen LogP contribution in [0.2, 0.25) is 5.02 Å². The topological polar surface area (TPSA) is 66.4 Å². The fraction of sp³-hybridized carbons (Fsp3) is 0.333. The van der Waals surface area contributed by atoms with Crippen molar-refractivity contribution in [3.63, 3.8) is 0 Å². The molecular formula is C12H13BrClNO3. The van der Waals surface area contributed by atoms with Crippen LogP contribution in [-0.2, 0) is 4.79 Å². The summed E-state index contributed by atoms with van der Waals surface area (Å²) in [6, 6.07) is 3.85. The Morgan fingerprint density at radius 1 is 1.50 bits per heavy atom. The van der Waals surface area contributed by atoms with E-state index < -0.39 is 17.9 Å². The third-order valence-electron chi connectivity index (χ3n) is 2.36. The summed E-state index contributed by atoms with van der Waals surface area (Å²) in [5, 5.41) is 12.0. The molecule has 18 heavy (non-hydrogen) atoms. The van der Waals surface area contributed by atoms with E-state index >= 15 is 0 Å². The van der Waals surface area contributed by atoms with Crippen LogP contribution in [-0.4, -0.2) is 23.0 Å². The van der Waals surface area contributed by atoms with Gasteiger partial charge in [0.2, 0.25) is 0 Å². The van der Waals surface area contributed by atoms with Gasteiger partial charge >= 0.3 is 5.97 Å². The monoisotopic (exact) mass is 333 g/mol. The Hall–Kier alpha value is -1.07. The Balaban J connectivity index is 2.83. The Morgan fingerprint density at radius 2 is 2.17 bits per heavy atom. The van der Waals surface area contributed by atoms with E-state index in [0.29, 0.717) is 27.9 Å². The number of nitrogens with one attached hydrogen (secondary N) is 1. The van der Waals surface area contributed by atoms with Crippen molar-refractivity contribution in [1.82, 2.24) is 5.32 Å². The molecule has 0 bridgehead atoms. The van der Waals surface area contributed by atoms with Gasteiger partial charge in [0, 0.05) is 9.50 Å². The van der Waals surface area contributed by atoms with Crippen molar-refractivity contribution >= 4 is 39.4 Å². The second-order valence-corrected chi connectivity index (χ2v) is 5.07. The Morgan fingerprint density at radius 3 is 2.67 bits per heavy atom. The van der Waals surface area contributed by atoms with Gasteiger partial charge in [0.25, 0.3) is 5.91 Å². The molecule has 0 aromatic heterocycles. The molecule has 98 valence electrons. The summed E-state index contributed by atoms with van der Waals surface area (Å²) < 4.78 is 0.535. The molecule has 1 atom stereocenters. The van der Waals surface area contributed by atoms with E-state index in [9.17, 15) is 9.59 Å². The van der Waals surface area contributed by atoms with Crippen molar-refractivity contribution in [3.8, 4) is 0 Å². The molecule has 2 N–H and O–H groups in total. The first kappa shape index (κ1) is 15.0. The molecule has 0 unspecified atom stereocenters. The summed E-state index contributed by atoms with van der Waals surface area (Å²) in [7, 11) is 0. The van der Waals surface area contributed by atoms with Gasteiger partial charge in [0.15, 0.2) is 0 Å². The number of rotatable bonds is 5. The first-order chi connectivity index (χ1) is 8.45. The minimum Gasteiger partial charge on any atom is -0.480 e. The van der Waals surface area contributed by atoms with Gasteiger partial charge in [-0.15, -0.1) is 0 Å². The van der Waals surface area contributed by atoms with Gasteiger partial charge in [-0.25, -0.2) is 4.79 Å². The van der Waals surface area contributed by atoms with Crippen LogP contribution in [0.15, 0.2) is 22.7 Å². The second kappa shape index (κ2) is 6.75. The average Bonchev–Trinajstić information content (AvgIpc) is 2.27. The number of carbonyl (C=O) groups is 2. The molecule has 1 amide bonds. The van der Waals surface area contributed by atoms with Crippen LogP contribution in [0.1, 0.15) is 30.1 Å². The fourth-order valence-electron chi connectivity index (χ4n) is 1.46. The van der Waals surface area contributed by atoms with Gasteiger partial charge in [0.05, 0.1) is 5.56 Å². The van der Waals surface area contributed by atoms with Crippen LogP contribution in [0.3, 0.4) is 0 Å². The highest BCUT2D eigenvalue weighted by atomic mass is 79.9. The van der Waals surface area contributed by atoms with Crippen LogP contribution >= 0.6 is 27.5 Å². The summed E-state index contributed by atoms with van der Waals surface area (Å²) >= 11 is 8.99. The number of carboxylic acid groups (broad SMARTS) is 1. The molecule has 0 saturated carbocycles. The number of hydrogen-bond acceptors (Lipinski definition) is 2. The standard InChI is InChI=1S/C12H13BrClNO3/c1-2-3-10(12(17)18)15-11(16)8-5-4-7(14)6-9(8)13/h4-6,10H,2-3H2,1H3,(H,15,16)(H,17,18)/t10-/m1/s1. The number of hydrogen-bond donors (Lipinski definition) is 2. The maximum Gasteiger partial charge on any atom is 0.326 e. The molecule has 1 aromatic rings. The summed E-state index contributed by atoms with van der Waals surface area (Å²) in [6.07, 6.45) is 1.07. The lowest BCUT2D eigenvalue weighted by Gasteiger charge is -2.14. The van der Waals surface area contributed by atoms with Crippen molar-refractivity contribution in [2.45, 2.75) is 25.8 Å².